The average molecular weight is 228 g/mol. The molecule has 2 atom stereocenters. The molecule has 1 aromatic rings. The van der Waals surface area contributed by atoms with Crippen LogP contribution in [-0.2, 0) is 4.74 Å². The van der Waals surface area contributed by atoms with Crippen LogP contribution in [0.3, 0.4) is 0 Å². The third kappa shape index (κ3) is 2.43. The summed E-state index contributed by atoms with van der Waals surface area (Å²) >= 11 is 0. The lowest BCUT2D eigenvalue weighted by Crippen LogP contribution is -2.19. The van der Waals surface area contributed by atoms with Gasteiger partial charge < -0.3 is 19.7 Å². The van der Waals surface area contributed by atoms with Crippen LogP contribution in [0, 0.1) is 5.82 Å². The van der Waals surface area contributed by atoms with E-state index in [9.17, 15) is 4.39 Å². The lowest BCUT2D eigenvalue weighted by Gasteiger charge is -2.14. The van der Waals surface area contributed by atoms with Gasteiger partial charge in [-0.3, -0.25) is 0 Å². The van der Waals surface area contributed by atoms with E-state index < -0.39 is 17.9 Å². The molecule has 4 nitrogen and oxygen atoms in total. The van der Waals surface area contributed by atoms with Gasteiger partial charge in [0.1, 0.15) is 5.75 Å². The molecule has 0 aromatic heterocycles. The predicted octanol–water partition coefficient (Wildman–Crippen LogP) is 1.41. The average Bonchev–Trinajstić information content (AvgIpc) is 2.71. The zero-order valence-corrected chi connectivity index (χ0v) is 8.60. The second kappa shape index (κ2) is 4.67. The van der Waals surface area contributed by atoms with Gasteiger partial charge >= 0.3 is 0 Å². The van der Waals surface area contributed by atoms with Gasteiger partial charge in [0.2, 0.25) is 0 Å². The molecule has 1 saturated heterocycles. The topological polar surface area (TPSA) is 58.9 Å². The number of phenolic OH excluding ortho intramolecular Hbond substituents is 1. The highest BCUT2D eigenvalue weighted by molar-refractivity contribution is 5.32. The van der Waals surface area contributed by atoms with E-state index in [1.807, 2.05) is 0 Å². The van der Waals surface area contributed by atoms with E-state index in [0.29, 0.717) is 12.2 Å². The largest absolute Gasteiger partial charge is 0.505 e. The van der Waals surface area contributed by atoms with E-state index >= 15 is 0 Å². The maximum Gasteiger partial charge on any atom is 0.200 e. The third-order valence-corrected chi connectivity index (χ3v) is 2.46. The first-order chi connectivity index (χ1) is 7.69. The van der Waals surface area contributed by atoms with Crippen LogP contribution in [0.5, 0.6) is 11.5 Å². The summed E-state index contributed by atoms with van der Waals surface area (Å²) in [6.07, 6.45) is 0.725. The quantitative estimate of drug-likeness (QED) is 0.821. The van der Waals surface area contributed by atoms with Crippen LogP contribution in [0.4, 0.5) is 4.39 Å². The summed E-state index contributed by atoms with van der Waals surface area (Å²) in [7, 11) is 0. The SMILES string of the molecule is OCC1CC[C@H](Oc2ccc(O)c(F)c2)O1. The van der Waals surface area contributed by atoms with Crippen molar-refractivity contribution in [2.45, 2.75) is 25.2 Å². The van der Waals surface area contributed by atoms with E-state index in [2.05, 4.69) is 0 Å². The Labute approximate surface area is 92.2 Å². The molecule has 1 fully saturated rings. The zero-order chi connectivity index (χ0) is 11.5. The van der Waals surface area contributed by atoms with Crippen LogP contribution in [-0.4, -0.2) is 29.2 Å². The molecule has 0 spiro atoms. The number of aromatic hydroxyl groups is 1. The number of aliphatic hydroxyl groups excluding tert-OH is 1. The van der Waals surface area contributed by atoms with Gasteiger partial charge in [0.25, 0.3) is 0 Å². The van der Waals surface area contributed by atoms with Crippen LogP contribution in [0.25, 0.3) is 0 Å². The van der Waals surface area contributed by atoms with E-state index in [0.717, 1.165) is 12.5 Å². The Kier molecular flexibility index (Phi) is 3.26. The monoisotopic (exact) mass is 228 g/mol. The fourth-order valence-corrected chi connectivity index (χ4v) is 1.61. The van der Waals surface area contributed by atoms with Gasteiger partial charge in [-0.15, -0.1) is 0 Å². The fraction of sp³-hybridized carbons (Fsp3) is 0.455. The van der Waals surface area contributed by atoms with E-state index in [4.69, 9.17) is 19.7 Å². The smallest absolute Gasteiger partial charge is 0.200 e. The summed E-state index contributed by atoms with van der Waals surface area (Å²) < 4.78 is 23.7. The van der Waals surface area contributed by atoms with Crippen molar-refractivity contribution in [3.05, 3.63) is 24.0 Å². The number of benzene rings is 1. The van der Waals surface area contributed by atoms with Gasteiger partial charge in [-0.25, -0.2) is 4.39 Å². The highest BCUT2D eigenvalue weighted by atomic mass is 19.1. The van der Waals surface area contributed by atoms with E-state index in [1.165, 1.54) is 12.1 Å². The summed E-state index contributed by atoms with van der Waals surface area (Å²) in [5, 5.41) is 17.8. The molecule has 2 rings (SSSR count). The van der Waals surface area contributed by atoms with Crippen molar-refractivity contribution in [1.29, 1.82) is 0 Å². The van der Waals surface area contributed by atoms with Crippen molar-refractivity contribution < 1.29 is 24.1 Å². The Bertz CT molecular complexity index is 369. The molecular weight excluding hydrogens is 215 g/mol. The molecule has 1 aliphatic heterocycles. The minimum Gasteiger partial charge on any atom is -0.505 e. The van der Waals surface area contributed by atoms with Crippen molar-refractivity contribution in [2.75, 3.05) is 6.61 Å². The number of hydrogen-bond donors (Lipinski definition) is 2. The summed E-state index contributed by atoms with van der Waals surface area (Å²) in [5.74, 6) is -0.832. The molecule has 0 bridgehead atoms. The van der Waals surface area contributed by atoms with Crippen LogP contribution >= 0.6 is 0 Å². The Morgan fingerprint density at radius 1 is 1.44 bits per heavy atom. The Hall–Kier alpha value is -1.33. The van der Waals surface area contributed by atoms with Gasteiger partial charge in [0.05, 0.1) is 12.7 Å². The molecule has 1 heterocycles. The third-order valence-electron chi connectivity index (χ3n) is 2.46. The molecule has 1 aliphatic rings. The molecule has 0 saturated carbocycles. The minimum absolute atomic E-state index is 0.0379. The van der Waals surface area contributed by atoms with Crippen LogP contribution < -0.4 is 4.74 Å². The van der Waals surface area contributed by atoms with Gasteiger partial charge in [-0.2, -0.15) is 0 Å². The fourth-order valence-electron chi connectivity index (χ4n) is 1.61. The second-order valence-corrected chi connectivity index (χ2v) is 3.68. The van der Waals surface area contributed by atoms with Crippen molar-refractivity contribution in [1.82, 2.24) is 0 Å². The first-order valence-corrected chi connectivity index (χ1v) is 5.10. The summed E-state index contributed by atoms with van der Waals surface area (Å²) in [6.45, 7) is -0.0379. The molecule has 2 N–H and O–H groups in total. The summed E-state index contributed by atoms with van der Waals surface area (Å²) in [5.41, 5.74) is 0. The molecule has 5 heteroatoms. The second-order valence-electron chi connectivity index (χ2n) is 3.68. The molecule has 0 amide bonds. The normalized spacial score (nSPS) is 24.6. The number of phenols is 1. The number of ether oxygens (including phenoxy) is 2. The van der Waals surface area contributed by atoms with Gasteiger partial charge in [-0.05, 0) is 18.6 Å². The number of hydrogen-bond acceptors (Lipinski definition) is 4. The van der Waals surface area contributed by atoms with Crippen molar-refractivity contribution in [2.24, 2.45) is 0 Å². The molecule has 0 radical (unpaired) electrons. The lowest BCUT2D eigenvalue weighted by molar-refractivity contribution is -0.0851. The standard InChI is InChI=1S/C11H13FO4/c12-9-5-7(1-3-10(9)14)15-11-4-2-8(6-13)16-11/h1,3,5,8,11,13-14H,2,4,6H2/t8?,11-/m1/s1. The Morgan fingerprint density at radius 2 is 2.25 bits per heavy atom. The molecular formula is C11H13FO4. The van der Waals surface area contributed by atoms with Gasteiger partial charge in [0.15, 0.2) is 17.9 Å². The van der Waals surface area contributed by atoms with E-state index in [-0.39, 0.29) is 12.7 Å². The van der Waals surface area contributed by atoms with Crippen LogP contribution in [0.2, 0.25) is 0 Å². The van der Waals surface area contributed by atoms with Crippen molar-refractivity contribution in [3.63, 3.8) is 0 Å². The van der Waals surface area contributed by atoms with Crippen LogP contribution in [0.1, 0.15) is 12.8 Å². The highest BCUT2D eigenvalue weighted by Crippen LogP contribution is 2.26. The minimum atomic E-state index is -0.728. The zero-order valence-electron chi connectivity index (χ0n) is 8.60. The van der Waals surface area contributed by atoms with Gasteiger partial charge in [0, 0.05) is 12.5 Å². The lowest BCUT2D eigenvalue weighted by atomic mass is 10.2. The summed E-state index contributed by atoms with van der Waals surface area (Å²) in [6, 6.07) is 3.79. The molecule has 88 valence electrons. The highest BCUT2D eigenvalue weighted by Gasteiger charge is 2.26. The summed E-state index contributed by atoms with van der Waals surface area (Å²) in [4.78, 5) is 0. The number of halogens is 1. The van der Waals surface area contributed by atoms with Gasteiger partial charge in [-0.1, -0.05) is 0 Å². The first kappa shape index (κ1) is 11.2. The van der Waals surface area contributed by atoms with Crippen molar-refractivity contribution in [3.8, 4) is 11.5 Å². The molecule has 1 unspecified atom stereocenters. The maximum absolute atomic E-state index is 13.0. The number of aliphatic hydroxyl groups is 1. The molecule has 0 aliphatic carbocycles. The number of rotatable bonds is 3. The van der Waals surface area contributed by atoms with E-state index in [1.54, 1.807) is 0 Å². The first-order valence-electron chi connectivity index (χ1n) is 5.10. The molecule has 1 aromatic carbocycles. The maximum atomic E-state index is 13.0. The molecule has 16 heavy (non-hydrogen) atoms. The van der Waals surface area contributed by atoms with Crippen molar-refractivity contribution >= 4 is 0 Å². The predicted molar refractivity (Wildman–Crippen MR) is 53.7 cm³/mol. The van der Waals surface area contributed by atoms with Crippen LogP contribution in [0.15, 0.2) is 18.2 Å². The Balaban J connectivity index is 1.97. The Morgan fingerprint density at radius 3 is 2.88 bits per heavy atom.